The maximum atomic E-state index is 15.7. The number of hydrogen-bond donors (Lipinski definition) is 0. The Morgan fingerprint density at radius 2 is 0.576 bits per heavy atom. The third-order valence-electron chi connectivity index (χ3n) is 18.5. The minimum atomic E-state index is -0.556. The zero-order chi connectivity index (χ0) is 46.3. The van der Waals surface area contributed by atoms with Crippen molar-refractivity contribution in [2.75, 3.05) is 54.0 Å². The van der Waals surface area contributed by atoms with Crippen LogP contribution in [0.4, 0.5) is 17.1 Å². The molecule has 0 amide bonds. The summed E-state index contributed by atoms with van der Waals surface area (Å²) in [5, 5.41) is 4.45. The first-order valence-corrected chi connectivity index (χ1v) is 24.8. The van der Waals surface area contributed by atoms with Gasteiger partial charge in [0, 0.05) is 105 Å². The Labute approximate surface area is 385 Å². The smallest absolute Gasteiger partial charge is 0.344 e. The van der Waals surface area contributed by atoms with Crippen LogP contribution in [-0.2, 0) is 32.5 Å². The molecular formula is C57H63N3O6. The number of benzene rings is 4. The number of rotatable bonds is 0. The Kier molecular flexibility index (Phi) is 7.58. The summed E-state index contributed by atoms with van der Waals surface area (Å²) in [5.41, 5.74) is 8.45. The van der Waals surface area contributed by atoms with Gasteiger partial charge in [0.1, 0.15) is 16.7 Å². The van der Waals surface area contributed by atoms with Gasteiger partial charge in [0.25, 0.3) is 0 Å². The van der Waals surface area contributed by atoms with Crippen molar-refractivity contribution in [1.29, 1.82) is 0 Å². The zero-order valence-corrected chi connectivity index (χ0v) is 41.0. The molecule has 0 bridgehead atoms. The molecule has 342 valence electrons. The molecule has 6 aliphatic rings. The lowest BCUT2D eigenvalue weighted by atomic mass is 9.68. The fourth-order valence-corrected chi connectivity index (χ4v) is 14.1. The van der Waals surface area contributed by atoms with Crippen LogP contribution in [0.2, 0.25) is 0 Å². The van der Waals surface area contributed by atoms with E-state index < -0.39 is 16.9 Å². The van der Waals surface area contributed by atoms with Gasteiger partial charge in [-0.3, -0.25) is 0 Å². The Morgan fingerprint density at radius 3 is 0.818 bits per heavy atom. The van der Waals surface area contributed by atoms with Crippen LogP contribution in [0.1, 0.15) is 155 Å². The SMILES string of the molecule is CC1(C)CCN2CCC(C)(C)c3c2c1cc1c3oc(=O)c2c1c1c(=O)oc3c4c5c(cc3c1c1c(=O)oc3c6c7c(cc3c21)C(C)(C)CCN7CCC6(C)C)C(C)(C)CCN5CCC4(C)C. The molecule has 0 N–H and O–H groups in total. The van der Waals surface area contributed by atoms with Crippen molar-refractivity contribution >= 4 is 82.3 Å². The average Bonchev–Trinajstić information content (AvgIpc) is 3.23. The van der Waals surface area contributed by atoms with Gasteiger partial charge < -0.3 is 28.0 Å². The summed E-state index contributed by atoms with van der Waals surface area (Å²) in [6, 6.07) is 6.68. The minimum Gasteiger partial charge on any atom is -0.422 e. The Morgan fingerprint density at radius 1 is 0.348 bits per heavy atom. The topological polar surface area (TPSA) is 100 Å². The second kappa shape index (κ2) is 12.2. The fraction of sp³-hybridized carbons (Fsp3) is 0.526. The lowest BCUT2D eigenvalue weighted by molar-refractivity contribution is 0.399. The van der Waals surface area contributed by atoms with Crippen LogP contribution in [0.15, 0.2) is 45.8 Å². The summed E-state index contributed by atoms with van der Waals surface area (Å²) < 4.78 is 20.5. The molecule has 0 radical (unpaired) electrons. The van der Waals surface area contributed by atoms with Crippen LogP contribution in [0.5, 0.6) is 0 Å². The van der Waals surface area contributed by atoms with Crippen LogP contribution in [0, 0.1) is 0 Å². The molecule has 7 aromatic rings. The maximum Gasteiger partial charge on any atom is 0.344 e. The van der Waals surface area contributed by atoms with E-state index in [1.54, 1.807) is 0 Å². The first-order chi connectivity index (χ1) is 30.9. The van der Waals surface area contributed by atoms with Crippen molar-refractivity contribution < 1.29 is 13.3 Å². The van der Waals surface area contributed by atoms with Gasteiger partial charge >= 0.3 is 16.9 Å². The van der Waals surface area contributed by atoms with Crippen molar-refractivity contribution in [1.82, 2.24) is 0 Å². The third kappa shape index (κ3) is 4.95. The van der Waals surface area contributed by atoms with E-state index in [0.29, 0.717) is 32.9 Å². The van der Waals surface area contributed by atoms with Crippen molar-refractivity contribution in [3.05, 3.63) is 82.8 Å². The molecule has 13 rings (SSSR count). The van der Waals surface area contributed by atoms with Crippen molar-refractivity contribution in [2.45, 2.75) is 154 Å². The largest absolute Gasteiger partial charge is 0.422 e. The lowest BCUT2D eigenvalue weighted by Gasteiger charge is -2.48. The molecule has 9 heteroatoms. The van der Waals surface area contributed by atoms with Gasteiger partial charge in [-0.15, -0.1) is 0 Å². The molecule has 0 saturated carbocycles. The van der Waals surface area contributed by atoms with Crippen LogP contribution >= 0.6 is 0 Å². The molecule has 0 atom stereocenters. The van der Waals surface area contributed by atoms with Crippen LogP contribution in [-0.4, -0.2) is 39.3 Å². The van der Waals surface area contributed by atoms with Crippen molar-refractivity contribution in [2.24, 2.45) is 0 Å². The lowest BCUT2D eigenvalue weighted by Crippen LogP contribution is -2.45. The highest BCUT2D eigenvalue weighted by Gasteiger charge is 2.47. The molecule has 3 aromatic heterocycles. The summed E-state index contributed by atoms with van der Waals surface area (Å²) in [5.74, 6) is 0. The second-order valence-corrected chi connectivity index (χ2v) is 25.3. The van der Waals surface area contributed by atoms with Gasteiger partial charge in [0.2, 0.25) is 0 Å². The number of nitrogens with zero attached hydrogens (tertiary/aromatic N) is 3. The van der Waals surface area contributed by atoms with Gasteiger partial charge in [0.05, 0.1) is 16.2 Å². The number of fused-ring (bicyclic) bond motifs is 15. The van der Waals surface area contributed by atoms with Crippen LogP contribution in [0.3, 0.4) is 0 Å². The summed E-state index contributed by atoms with van der Waals surface area (Å²) in [7, 11) is 0. The standard InChI is InChI=1S/C57H63N3O6/c1-52(2)13-19-58-22-16-55(7,8)40-43(58)31(52)25-28-34-37(49(61)64-46(28)40)35-29-26-32-45-42(57(11,12)18-24-60(45)21-15-53(32,3)4)48(29)66-51(63)39(35)36-30-27-33-44-41(47(30)65-50(62)38(34)36)56(9,10)17-23-59(44)20-14-54(33,5)6/h25-27H,13-24H2,1-12H3. The maximum absolute atomic E-state index is 15.7. The molecule has 9 heterocycles. The van der Waals surface area contributed by atoms with Gasteiger partial charge in [0.15, 0.2) is 0 Å². The first-order valence-electron chi connectivity index (χ1n) is 24.8. The number of anilines is 3. The molecule has 6 aliphatic heterocycles. The van der Waals surface area contributed by atoms with Gasteiger partial charge in [-0.2, -0.15) is 0 Å². The van der Waals surface area contributed by atoms with E-state index in [1.807, 2.05) is 0 Å². The molecule has 0 aliphatic carbocycles. The number of hydrogen-bond acceptors (Lipinski definition) is 9. The molecular weight excluding hydrogens is 823 g/mol. The van der Waals surface area contributed by atoms with E-state index in [4.69, 9.17) is 13.3 Å². The summed E-state index contributed by atoms with van der Waals surface area (Å²) >= 11 is 0. The van der Waals surface area contributed by atoms with E-state index in [1.165, 1.54) is 16.7 Å². The highest BCUT2D eigenvalue weighted by Crippen LogP contribution is 2.58. The summed E-state index contributed by atoms with van der Waals surface area (Å²) in [6.07, 6.45) is 5.58. The van der Waals surface area contributed by atoms with Crippen LogP contribution in [0.25, 0.3) is 65.2 Å². The second-order valence-electron chi connectivity index (χ2n) is 25.3. The highest BCUT2D eigenvalue weighted by molar-refractivity contribution is 6.38. The molecule has 0 saturated heterocycles. The minimum absolute atomic E-state index is 0.196. The van der Waals surface area contributed by atoms with Crippen LogP contribution < -0.4 is 31.6 Å². The predicted octanol–water partition coefficient (Wildman–Crippen LogP) is 12.0. The zero-order valence-electron chi connectivity index (χ0n) is 41.0. The van der Waals surface area contributed by atoms with Gasteiger partial charge in [-0.25, -0.2) is 14.4 Å². The van der Waals surface area contributed by atoms with Gasteiger partial charge in [-0.1, -0.05) is 83.1 Å². The van der Waals surface area contributed by atoms with E-state index >= 15 is 14.4 Å². The van der Waals surface area contributed by atoms with Crippen molar-refractivity contribution in [3.63, 3.8) is 0 Å². The molecule has 4 aromatic carbocycles. The average molecular weight is 886 g/mol. The molecule has 0 spiro atoms. The normalized spacial score (nSPS) is 22.6. The van der Waals surface area contributed by atoms with E-state index in [9.17, 15) is 0 Å². The van der Waals surface area contributed by atoms with Gasteiger partial charge in [-0.05, 0) is 106 Å². The van der Waals surface area contributed by atoms with E-state index in [0.717, 1.165) is 128 Å². The predicted molar refractivity (Wildman–Crippen MR) is 270 cm³/mol. The highest BCUT2D eigenvalue weighted by atomic mass is 16.4. The Balaban J connectivity index is 1.37. The van der Waals surface area contributed by atoms with Crippen molar-refractivity contribution in [3.8, 4) is 0 Å². The Bertz CT molecular complexity index is 3230. The monoisotopic (exact) mass is 885 g/mol. The Hall–Kier alpha value is -5.31. The molecule has 66 heavy (non-hydrogen) atoms. The molecule has 0 fully saturated rings. The molecule has 0 unspecified atom stereocenters. The van der Waals surface area contributed by atoms with E-state index in [2.05, 4.69) is 116 Å². The first kappa shape index (κ1) is 40.9. The molecule has 9 nitrogen and oxygen atoms in total. The third-order valence-corrected chi connectivity index (χ3v) is 18.5. The summed E-state index contributed by atoms with van der Waals surface area (Å²) in [6.45, 7) is 32.9. The summed E-state index contributed by atoms with van der Waals surface area (Å²) in [4.78, 5) is 54.4. The van der Waals surface area contributed by atoms with E-state index in [-0.39, 0.29) is 48.6 Å². The fourth-order valence-electron chi connectivity index (χ4n) is 14.1. The quantitative estimate of drug-likeness (QED) is 0.109.